The molecule has 0 radical (unpaired) electrons. The zero-order valence-corrected chi connectivity index (χ0v) is 37.0. The third kappa shape index (κ3) is 8.34. The summed E-state index contributed by atoms with van der Waals surface area (Å²) in [5.41, 5.74) is 19.9. The molecule has 4 saturated heterocycles. The van der Waals surface area contributed by atoms with Gasteiger partial charge in [0.15, 0.2) is 12.4 Å². The van der Waals surface area contributed by atoms with E-state index in [1.165, 1.54) is 46.2 Å². The van der Waals surface area contributed by atoms with Crippen LogP contribution in [0.1, 0.15) is 123 Å². The number of nitrogen functional groups attached to an aromatic ring is 1. The Morgan fingerprint density at radius 2 is 1.41 bits per heavy atom. The van der Waals surface area contributed by atoms with Gasteiger partial charge in [0.2, 0.25) is 0 Å². The third-order valence-electron chi connectivity index (χ3n) is 15.1. The molecule has 8 heterocycles. The highest BCUT2D eigenvalue weighted by atomic mass is 16.5. The normalized spacial score (nSPS) is 28.8. The van der Waals surface area contributed by atoms with Crippen LogP contribution in [0.25, 0.3) is 22.3 Å². The fourth-order valence-corrected chi connectivity index (χ4v) is 11.4. The molecule has 4 unspecified atom stereocenters. The van der Waals surface area contributed by atoms with Gasteiger partial charge in [-0.3, -0.25) is 5.41 Å². The lowest BCUT2D eigenvalue weighted by Gasteiger charge is -2.32. The Hall–Kier alpha value is -5.26. The maximum Gasteiger partial charge on any atom is 0.263 e. The summed E-state index contributed by atoms with van der Waals surface area (Å²) < 4.78 is 14.5. The summed E-state index contributed by atoms with van der Waals surface area (Å²) in [6.45, 7) is 11.4. The van der Waals surface area contributed by atoms with Crippen molar-refractivity contribution < 1.29 is 14.0 Å². The highest BCUT2D eigenvalue weighted by Crippen LogP contribution is 2.44. The van der Waals surface area contributed by atoms with E-state index in [0.29, 0.717) is 54.0 Å². The number of allylic oxidation sites excluding steroid dienone is 3. The molecule has 0 aliphatic carbocycles. The van der Waals surface area contributed by atoms with Crippen LogP contribution in [0.2, 0.25) is 0 Å². The molecular formula is C53H63N8O2+. The molecule has 10 heteroatoms. The first kappa shape index (κ1) is 41.7. The number of hydrogen-bond acceptors (Lipinski definition) is 8. The molecule has 0 bridgehead atoms. The molecule has 0 saturated carbocycles. The van der Waals surface area contributed by atoms with Crippen molar-refractivity contribution in [2.45, 2.75) is 95.4 Å². The molecule has 2 aromatic heterocycles. The van der Waals surface area contributed by atoms with Crippen molar-refractivity contribution in [1.29, 1.82) is 5.41 Å². The monoisotopic (exact) mass is 844 g/mol. The highest BCUT2D eigenvalue weighted by Gasteiger charge is 2.36. The molecule has 10 nitrogen and oxygen atoms in total. The van der Waals surface area contributed by atoms with Crippen LogP contribution in [-0.2, 0) is 9.47 Å². The Morgan fingerprint density at radius 3 is 2.13 bits per heavy atom. The number of rotatable bonds is 8. The van der Waals surface area contributed by atoms with E-state index in [-0.39, 0.29) is 18.1 Å². The van der Waals surface area contributed by atoms with E-state index >= 15 is 0 Å². The van der Waals surface area contributed by atoms with E-state index in [9.17, 15) is 0 Å². The smallest absolute Gasteiger partial charge is 0.263 e. The average molecular weight is 844 g/mol. The Bertz CT molecular complexity index is 2450. The van der Waals surface area contributed by atoms with Crippen LogP contribution in [0.5, 0.6) is 0 Å². The van der Waals surface area contributed by atoms with Gasteiger partial charge in [-0.15, -0.1) is 0 Å². The number of aromatic nitrogens is 2. The van der Waals surface area contributed by atoms with E-state index in [4.69, 9.17) is 25.6 Å². The summed E-state index contributed by atoms with van der Waals surface area (Å²) in [4.78, 5) is 9.38. The largest absolute Gasteiger partial charge is 0.383 e. The Kier molecular flexibility index (Phi) is 12.0. The molecular weight excluding hydrogens is 781 g/mol. The Morgan fingerprint density at radius 1 is 0.730 bits per heavy atom. The summed E-state index contributed by atoms with van der Waals surface area (Å²) >= 11 is 0. The van der Waals surface area contributed by atoms with Crippen LogP contribution in [-0.4, -0.2) is 49.9 Å². The molecule has 63 heavy (non-hydrogen) atoms. The first-order chi connectivity index (χ1) is 30.8. The maximum absolute atomic E-state index is 8.72. The van der Waals surface area contributed by atoms with E-state index in [1.54, 1.807) is 0 Å². The maximum atomic E-state index is 8.72. The number of benzene rings is 2. The molecule has 6 N–H and O–H groups in total. The van der Waals surface area contributed by atoms with Crippen molar-refractivity contribution in [2.24, 2.45) is 22.7 Å². The number of amidine groups is 1. The summed E-state index contributed by atoms with van der Waals surface area (Å²) in [5.74, 6) is 3.10. The van der Waals surface area contributed by atoms with E-state index < -0.39 is 0 Å². The molecule has 8 atom stereocenters. The third-order valence-corrected chi connectivity index (χ3v) is 15.1. The first-order valence-corrected chi connectivity index (χ1v) is 23.5. The standard InChI is InChI=1S/C53H62N8O2/c1-32-8-19-57-50(32)45-26-38(4-6-42(45)36-14-23-62-24-15-36)41-28-44(52(54)59-30-41)35-12-21-61(22-13-35)48-29-40(16-25-63-48)43-7-5-39(27-46(43)51-33(2)9-20-58-51)47-31-60-53(55)49(34(47)3)37-10-17-56-18-11-37/h4-7,10-13,17-18,21-22,26-28,30-34,36,40,47-48,50-51,54,57-58H,8-9,14-16,19-20,23-25,29H2,1-3H3,(H2,55,56)/p+1/t32-,33+,34?,40?,47?,48?,50-,51+/m1/s1. The summed E-state index contributed by atoms with van der Waals surface area (Å²) in [6, 6.07) is 21.4. The van der Waals surface area contributed by atoms with Crippen molar-refractivity contribution in [2.75, 3.05) is 38.6 Å². The second-order valence-corrected chi connectivity index (χ2v) is 18.9. The molecule has 6 aliphatic heterocycles. The van der Waals surface area contributed by atoms with Gasteiger partial charge in [-0.25, -0.2) is 9.98 Å². The van der Waals surface area contributed by atoms with Gasteiger partial charge in [-0.05, 0) is 144 Å². The number of dihydropyridines is 1. The zero-order chi connectivity index (χ0) is 43.0. The van der Waals surface area contributed by atoms with Gasteiger partial charge in [0, 0.05) is 91.3 Å². The number of anilines is 1. The zero-order valence-electron chi connectivity index (χ0n) is 37.0. The number of ether oxygens (including phenoxy) is 2. The number of hydrogen-bond donors (Lipinski definition) is 5. The summed E-state index contributed by atoms with van der Waals surface area (Å²) in [6.07, 6.45) is 22.5. The lowest BCUT2D eigenvalue weighted by atomic mass is 9.76. The van der Waals surface area contributed by atoms with Crippen molar-refractivity contribution >= 4 is 17.9 Å². The average Bonchev–Trinajstić information content (AvgIpc) is 3.97. The number of nitrogens with two attached hydrogens (primary N) is 1. The van der Waals surface area contributed by atoms with Crippen molar-refractivity contribution in [3.05, 3.63) is 137 Å². The molecule has 2 aromatic carbocycles. The van der Waals surface area contributed by atoms with E-state index in [0.717, 1.165) is 79.8 Å². The van der Waals surface area contributed by atoms with Crippen LogP contribution >= 0.6 is 0 Å². The highest BCUT2D eigenvalue weighted by molar-refractivity contribution is 6.06. The second-order valence-electron chi connectivity index (χ2n) is 18.9. The van der Waals surface area contributed by atoms with Crippen LogP contribution in [0.3, 0.4) is 0 Å². The summed E-state index contributed by atoms with van der Waals surface area (Å²) in [5, 5.41) is 19.5. The number of aliphatic imine (C=N–C) groups is 1. The molecule has 4 fully saturated rings. The molecule has 0 spiro atoms. The minimum absolute atomic E-state index is 0.0856. The Balaban J connectivity index is 0.901. The minimum Gasteiger partial charge on any atom is -0.383 e. The predicted molar refractivity (Wildman–Crippen MR) is 252 cm³/mol. The number of pyridine rings is 2. The lowest BCUT2D eigenvalue weighted by molar-refractivity contribution is -0.765. The molecule has 326 valence electrons. The van der Waals surface area contributed by atoms with E-state index in [2.05, 4.69) is 113 Å². The fraction of sp³-hybridized carbons (Fsp3) is 0.434. The number of nitrogens with zero attached hydrogens (tertiary/aromatic N) is 3. The topological polar surface area (TPSA) is 134 Å². The van der Waals surface area contributed by atoms with Crippen molar-refractivity contribution in [3.63, 3.8) is 0 Å². The van der Waals surface area contributed by atoms with Crippen molar-refractivity contribution in [1.82, 2.24) is 20.9 Å². The first-order valence-electron chi connectivity index (χ1n) is 23.5. The van der Waals surface area contributed by atoms with Gasteiger partial charge in [-0.2, -0.15) is 4.57 Å². The minimum atomic E-state index is -0.0860. The molecule has 4 aromatic rings. The molecule has 6 aliphatic rings. The van der Waals surface area contributed by atoms with Gasteiger partial charge in [0.1, 0.15) is 11.7 Å². The van der Waals surface area contributed by atoms with Crippen LogP contribution in [0.15, 0.2) is 114 Å². The predicted octanol–water partition coefficient (Wildman–Crippen LogP) is 9.32. The Labute approximate surface area is 372 Å². The van der Waals surface area contributed by atoms with Gasteiger partial charge in [-0.1, -0.05) is 51.1 Å². The van der Waals surface area contributed by atoms with Gasteiger partial charge in [0.25, 0.3) is 6.23 Å². The molecule has 10 rings (SSSR count). The van der Waals surface area contributed by atoms with Gasteiger partial charge < -0.3 is 31.2 Å². The summed E-state index contributed by atoms with van der Waals surface area (Å²) in [7, 11) is 0. The number of nitrogens with one attached hydrogen (secondary N) is 4. The van der Waals surface area contributed by atoms with Crippen LogP contribution in [0, 0.1) is 23.2 Å². The lowest BCUT2D eigenvalue weighted by Crippen LogP contribution is -2.43. The quantitative estimate of drug-likeness (QED) is 0.112. The van der Waals surface area contributed by atoms with Gasteiger partial charge in [0.05, 0.1) is 6.61 Å². The van der Waals surface area contributed by atoms with E-state index in [1.807, 2.05) is 37.0 Å². The van der Waals surface area contributed by atoms with Crippen LogP contribution in [0.4, 0.5) is 5.82 Å². The fourth-order valence-electron chi connectivity index (χ4n) is 11.4. The van der Waals surface area contributed by atoms with Gasteiger partial charge >= 0.3 is 0 Å². The molecule has 0 amide bonds. The van der Waals surface area contributed by atoms with Crippen LogP contribution < -0.4 is 26.3 Å². The van der Waals surface area contributed by atoms with Crippen molar-refractivity contribution in [3.8, 4) is 22.3 Å². The second kappa shape index (κ2) is 18.1. The SMILES string of the molecule is CC1C(=C2C=CNC=C2)C(=N)N=CC1c1ccc(C2CCOC([n+]3ccc(-c4cc(-c5ccc(C6CCOCC6)c([C@@H]6NCC[C@H]6C)c5)cnc4N)cc3)C2)c([C@H]2NCC[C@@H]2C)c1.